The van der Waals surface area contributed by atoms with E-state index >= 15 is 0 Å². The first kappa shape index (κ1) is 14.5. The Hall–Kier alpha value is -1.92. The number of nitrogens with zero attached hydrogens (tertiary/aromatic N) is 2. The van der Waals surface area contributed by atoms with E-state index in [1.54, 1.807) is 6.92 Å². The monoisotopic (exact) mass is 296 g/mol. The summed E-state index contributed by atoms with van der Waals surface area (Å²) in [6.07, 6.45) is -0.828. The first-order valence-electron chi connectivity index (χ1n) is 5.96. The summed E-state index contributed by atoms with van der Waals surface area (Å²) in [4.78, 5) is 7.71. The molecule has 0 aliphatic heterocycles. The molecule has 0 aliphatic carbocycles. The quantitative estimate of drug-likeness (QED) is 0.755. The van der Waals surface area contributed by atoms with Crippen molar-refractivity contribution in [3.8, 4) is 0 Å². The standard InChI is InChI=1S/C13H14ClFN4O/c1-7(12(20)8-2-4-9(15)5-3-8)17-11-6-10(14)18-13(16)19-11/h2-7,12,20H,1H3,(H3,16,17,18,19)/t7-,12+/m0/s1. The second kappa shape index (κ2) is 6.02. The molecule has 0 radical (unpaired) electrons. The molecule has 0 saturated carbocycles. The van der Waals surface area contributed by atoms with Crippen molar-refractivity contribution in [2.24, 2.45) is 0 Å². The van der Waals surface area contributed by atoms with Crippen molar-refractivity contribution in [3.05, 3.63) is 46.9 Å². The van der Waals surface area contributed by atoms with Gasteiger partial charge in [-0.05, 0) is 24.6 Å². The smallest absolute Gasteiger partial charge is 0.223 e. The number of halogens is 2. The summed E-state index contributed by atoms with van der Waals surface area (Å²) in [5, 5.41) is 13.4. The van der Waals surface area contributed by atoms with Crippen LogP contribution >= 0.6 is 11.6 Å². The molecule has 1 aromatic carbocycles. The number of aromatic nitrogens is 2. The number of aliphatic hydroxyl groups is 1. The Balaban J connectivity index is 2.10. The maximum absolute atomic E-state index is 12.8. The summed E-state index contributed by atoms with van der Waals surface area (Å²) < 4.78 is 12.8. The van der Waals surface area contributed by atoms with Crippen molar-refractivity contribution in [1.82, 2.24) is 9.97 Å². The van der Waals surface area contributed by atoms with Crippen LogP contribution in [0.2, 0.25) is 5.15 Å². The second-order valence-electron chi connectivity index (χ2n) is 4.36. The molecule has 0 aliphatic rings. The Morgan fingerprint density at radius 3 is 2.55 bits per heavy atom. The van der Waals surface area contributed by atoms with Gasteiger partial charge in [0, 0.05) is 6.07 Å². The first-order chi connectivity index (χ1) is 9.45. The summed E-state index contributed by atoms with van der Waals surface area (Å²) in [6, 6.07) is 6.78. The van der Waals surface area contributed by atoms with Gasteiger partial charge in [-0.1, -0.05) is 23.7 Å². The van der Waals surface area contributed by atoms with Crippen LogP contribution < -0.4 is 11.1 Å². The highest BCUT2D eigenvalue weighted by molar-refractivity contribution is 6.29. The molecule has 4 N–H and O–H groups in total. The molecule has 0 bridgehead atoms. The van der Waals surface area contributed by atoms with Crippen molar-refractivity contribution >= 4 is 23.4 Å². The van der Waals surface area contributed by atoms with Gasteiger partial charge in [0.15, 0.2) is 0 Å². The van der Waals surface area contributed by atoms with Crippen molar-refractivity contribution < 1.29 is 9.50 Å². The molecule has 7 heteroatoms. The number of aliphatic hydroxyl groups excluding tert-OH is 1. The molecule has 2 atom stereocenters. The average Bonchev–Trinajstić information content (AvgIpc) is 2.37. The van der Waals surface area contributed by atoms with Gasteiger partial charge in [-0.15, -0.1) is 0 Å². The average molecular weight is 297 g/mol. The normalized spacial score (nSPS) is 13.8. The molecule has 0 amide bonds. The Kier molecular flexibility index (Phi) is 4.36. The van der Waals surface area contributed by atoms with Crippen molar-refractivity contribution in [2.75, 3.05) is 11.1 Å². The SMILES string of the molecule is C[C@H](Nc1cc(Cl)nc(N)n1)[C@@H](O)c1ccc(F)cc1. The maximum Gasteiger partial charge on any atom is 0.223 e. The minimum absolute atomic E-state index is 0.0449. The Labute approximate surface area is 120 Å². The zero-order valence-electron chi connectivity index (χ0n) is 10.7. The molecule has 1 aromatic heterocycles. The third-order valence-electron chi connectivity index (χ3n) is 2.77. The summed E-state index contributed by atoms with van der Waals surface area (Å²) in [6.45, 7) is 1.76. The number of nitrogens with one attached hydrogen (secondary N) is 1. The number of anilines is 2. The molecule has 5 nitrogen and oxygen atoms in total. The molecular weight excluding hydrogens is 283 g/mol. The van der Waals surface area contributed by atoms with Gasteiger partial charge in [-0.3, -0.25) is 0 Å². The van der Waals surface area contributed by atoms with E-state index in [0.717, 1.165) is 0 Å². The van der Waals surface area contributed by atoms with Crippen LogP contribution in [0.4, 0.5) is 16.2 Å². The zero-order chi connectivity index (χ0) is 14.7. The number of rotatable bonds is 4. The number of hydrogen-bond donors (Lipinski definition) is 3. The summed E-state index contributed by atoms with van der Waals surface area (Å²) in [5.41, 5.74) is 6.08. The molecule has 2 rings (SSSR count). The molecule has 20 heavy (non-hydrogen) atoms. The number of nitrogen functional groups attached to an aromatic ring is 1. The summed E-state index contributed by atoms with van der Waals surface area (Å²) in [7, 11) is 0. The van der Waals surface area contributed by atoms with E-state index in [0.29, 0.717) is 11.4 Å². The summed E-state index contributed by atoms with van der Waals surface area (Å²) in [5.74, 6) is 0.108. The van der Waals surface area contributed by atoms with Crippen LogP contribution in [0, 0.1) is 5.82 Å². The first-order valence-corrected chi connectivity index (χ1v) is 6.33. The fourth-order valence-corrected chi connectivity index (χ4v) is 1.96. The number of hydrogen-bond acceptors (Lipinski definition) is 5. The third-order valence-corrected chi connectivity index (χ3v) is 2.97. The van der Waals surface area contributed by atoms with Crippen molar-refractivity contribution in [2.45, 2.75) is 19.1 Å². The van der Waals surface area contributed by atoms with Crippen LogP contribution in [0.3, 0.4) is 0 Å². The largest absolute Gasteiger partial charge is 0.386 e. The van der Waals surface area contributed by atoms with Gasteiger partial charge in [-0.25, -0.2) is 9.37 Å². The highest BCUT2D eigenvalue weighted by Gasteiger charge is 2.17. The van der Waals surface area contributed by atoms with Crippen LogP contribution in [-0.2, 0) is 0 Å². The highest BCUT2D eigenvalue weighted by Crippen LogP contribution is 2.21. The number of nitrogens with two attached hydrogens (primary N) is 1. The second-order valence-corrected chi connectivity index (χ2v) is 4.75. The molecule has 0 unspecified atom stereocenters. The third kappa shape index (κ3) is 3.55. The van der Waals surface area contributed by atoms with Crippen LogP contribution in [0.5, 0.6) is 0 Å². The minimum atomic E-state index is -0.828. The molecular formula is C13H14ClFN4O. The van der Waals surface area contributed by atoms with E-state index in [9.17, 15) is 9.50 Å². The molecule has 0 fully saturated rings. The Morgan fingerprint density at radius 1 is 1.30 bits per heavy atom. The Morgan fingerprint density at radius 2 is 1.95 bits per heavy atom. The van der Waals surface area contributed by atoms with Gasteiger partial charge in [-0.2, -0.15) is 4.98 Å². The maximum atomic E-state index is 12.8. The molecule has 0 saturated heterocycles. The van der Waals surface area contributed by atoms with E-state index in [1.165, 1.54) is 30.3 Å². The zero-order valence-corrected chi connectivity index (χ0v) is 11.5. The highest BCUT2D eigenvalue weighted by atomic mass is 35.5. The van der Waals surface area contributed by atoms with Gasteiger partial charge in [0.2, 0.25) is 5.95 Å². The van der Waals surface area contributed by atoms with Gasteiger partial charge in [0.25, 0.3) is 0 Å². The lowest BCUT2D eigenvalue weighted by molar-refractivity contribution is 0.160. The van der Waals surface area contributed by atoms with Crippen molar-refractivity contribution in [3.63, 3.8) is 0 Å². The lowest BCUT2D eigenvalue weighted by Crippen LogP contribution is -2.24. The van der Waals surface area contributed by atoms with E-state index in [2.05, 4.69) is 15.3 Å². The van der Waals surface area contributed by atoms with Crippen LogP contribution in [-0.4, -0.2) is 21.1 Å². The molecule has 2 aromatic rings. The van der Waals surface area contributed by atoms with Crippen LogP contribution in [0.1, 0.15) is 18.6 Å². The van der Waals surface area contributed by atoms with Crippen LogP contribution in [0.15, 0.2) is 30.3 Å². The van der Waals surface area contributed by atoms with Crippen molar-refractivity contribution in [1.29, 1.82) is 0 Å². The lowest BCUT2D eigenvalue weighted by atomic mass is 10.0. The molecule has 1 heterocycles. The molecule has 0 spiro atoms. The van der Waals surface area contributed by atoms with Gasteiger partial charge < -0.3 is 16.2 Å². The van der Waals surface area contributed by atoms with E-state index in [4.69, 9.17) is 17.3 Å². The predicted molar refractivity (Wildman–Crippen MR) is 75.9 cm³/mol. The topological polar surface area (TPSA) is 84.1 Å². The van der Waals surface area contributed by atoms with Crippen LogP contribution in [0.25, 0.3) is 0 Å². The Bertz CT molecular complexity index is 573. The minimum Gasteiger partial charge on any atom is -0.386 e. The summed E-state index contributed by atoms with van der Waals surface area (Å²) >= 11 is 5.77. The van der Waals surface area contributed by atoms with Gasteiger partial charge in [0.1, 0.15) is 16.8 Å². The van der Waals surface area contributed by atoms with E-state index in [-0.39, 0.29) is 23.0 Å². The molecule has 106 valence electrons. The lowest BCUT2D eigenvalue weighted by Gasteiger charge is -2.21. The van der Waals surface area contributed by atoms with Gasteiger partial charge in [0.05, 0.1) is 12.1 Å². The fraction of sp³-hybridized carbons (Fsp3) is 0.231. The van der Waals surface area contributed by atoms with E-state index in [1.807, 2.05) is 0 Å². The predicted octanol–water partition coefficient (Wildman–Crippen LogP) is 2.39. The van der Waals surface area contributed by atoms with Gasteiger partial charge >= 0.3 is 0 Å². The fourth-order valence-electron chi connectivity index (χ4n) is 1.77. The number of benzene rings is 1. The van der Waals surface area contributed by atoms with E-state index < -0.39 is 6.10 Å².